The van der Waals surface area contributed by atoms with E-state index < -0.39 is 21.8 Å². The highest BCUT2D eigenvalue weighted by atomic mass is 35.5. The van der Waals surface area contributed by atoms with Gasteiger partial charge in [0.25, 0.3) is 10.0 Å². The largest absolute Gasteiger partial charge is 0.465 e. The SMILES string of the molecule is COC(=O)c1cc(S(=O)(=O)Nc2ccc(F)c(Cl)c2)ccc1Cl. The molecule has 0 spiro atoms. The van der Waals surface area contributed by atoms with E-state index in [2.05, 4.69) is 9.46 Å². The molecule has 0 aromatic heterocycles. The minimum absolute atomic E-state index is 0.0561. The maximum absolute atomic E-state index is 13.1. The van der Waals surface area contributed by atoms with Gasteiger partial charge in [-0.1, -0.05) is 23.2 Å². The predicted molar refractivity (Wildman–Crippen MR) is 85.0 cm³/mol. The van der Waals surface area contributed by atoms with Gasteiger partial charge in [-0.25, -0.2) is 17.6 Å². The Morgan fingerprint density at radius 2 is 1.83 bits per heavy atom. The van der Waals surface area contributed by atoms with Gasteiger partial charge < -0.3 is 4.74 Å². The van der Waals surface area contributed by atoms with Gasteiger partial charge in [0.1, 0.15) is 5.82 Å². The number of benzene rings is 2. The number of hydrogen-bond acceptors (Lipinski definition) is 4. The van der Waals surface area contributed by atoms with Crippen LogP contribution >= 0.6 is 23.2 Å². The topological polar surface area (TPSA) is 72.5 Å². The van der Waals surface area contributed by atoms with Gasteiger partial charge >= 0.3 is 5.97 Å². The van der Waals surface area contributed by atoms with Crippen LogP contribution < -0.4 is 4.72 Å². The lowest BCUT2D eigenvalue weighted by Gasteiger charge is -2.10. The molecule has 122 valence electrons. The third-order valence-corrected chi connectivity index (χ3v) is 4.82. The third kappa shape index (κ3) is 3.93. The first-order valence-corrected chi connectivity index (χ1v) is 8.34. The molecular formula is C14H10Cl2FNO4S. The van der Waals surface area contributed by atoms with Crippen LogP contribution in [0.2, 0.25) is 10.0 Å². The molecule has 0 heterocycles. The summed E-state index contributed by atoms with van der Waals surface area (Å²) in [6, 6.07) is 6.95. The van der Waals surface area contributed by atoms with Crippen LogP contribution in [0.15, 0.2) is 41.3 Å². The van der Waals surface area contributed by atoms with Crippen molar-refractivity contribution >= 4 is 44.9 Å². The molecule has 0 fully saturated rings. The lowest BCUT2D eigenvalue weighted by Crippen LogP contribution is -2.14. The summed E-state index contributed by atoms with van der Waals surface area (Å²) in [6.07, 6.45) is 0. The van der Waals surface area contributed by atoms with Crippen molar-refractivity contribution in [1.29, 1.82) is 0 Å². The Hall–Kier alpha value is -1.83. The van der Waals surface area contributed by atoms with Crippen molar-refractivity contribution in [2.45, 2.75) is 4.90 Å². The minimum Gasteiger partial charge on any atom is -0.465 e. The van der Waals surface area contributed by atoms with Crippen LogP contribution in [0, 0.1) is 5.82 Å². The molecule has 0 radical (unpaired) electrons. The molecule has 2 rings (SSSR count). The van der Waals surface area contributed by atoms with E-state index in [0.29, 0.717) is 0 Å². The molecule has 0 saturated carbocycles. The zero-order valence-corrected chi connectivity index (χ0v) is 14.0. The lowest BCUT2D eigenvalue weighted by molar-refractivity contribution is 0.0600. The molecule has 9 heteroatoms. The Morgan fingerprint density at radius 1 is 1.13 bits per heavy atom. The van der Waals surface area contributed by atoms with E-state index >= 15 is 0 Å². The van der Waals surface area contributed by atoms with Crippen LogP contribution in [0.3, 0.4) is 0 Å². The molecule has 0 atom stereocenters. The molecule has 0 aliphatic rings. The van der Waals surface area contributed by atoms with Crippen LogP contribution in [-0.2, 0) is 14.8 Å². The monoisotopic (exact) mass is 377 g/mol. The summed E-state index contributed by atoms with van der Waals surface area (Å²) in [5, 5.41) is -0.169. The summed E-state index contributed by atoms with van der Waals surface area (Å²) in [4.78, 5) is 11.4. The first-order chi connectivity index (χ1) is 10.7. The number of rotatable bonds is 4. The van der Waals surface area contributed by atoms with Crippen LogP contribution in [0.5, 0.6) is 0 Å². The predicted octanol–water partition coefficient (Wildman–Crippen LogP) is 3.72. The molecule has 2 aromatic rings. The van der Waals surface area contributed by atoms with Crippen molar-refractivity contribution in [2.24, 2.45) is 0 Å². The van der Waals surface area contributed by atoms with Gasteiger partial charge in [-0.05, 0) is 36.4 Å². The second-order valence-corrected chi connectivity index (χ2v) is 6.86. The number of carbonyl (C=O) groups is 1. The number of anilines is 1. The number of carbonyl (C=O) groups excluding carboxylic acids is 1. The van der Waals surface area contributed by atoms with E-state index in [4.69, 9.17) is 23.2 Å². The molecule has 23 heavy (non-hydrogen) atoms. The number of ether oxygens (including phenoxy) is 1. The van der Waals surface area contributed by atoms with Crippen molar-refractivity contribution in [3.63, 3.8) is 0 Å². The van der Waals surface area contributed by atoms with Crippen LogP contribution in [0.1, 0.15) is 10.4 Å². The van der Waals surface area contributed by atoms with E-state index in [0.717, 1.165) is 25.3 Å². The second-order valence-electron chi connectivity index (χ2n) is 4.37. The summed E-state index contributed by atoms with van der Waals surface area (Å²) in [6.45, 7) is 0. The quantitative estimate of drug-likeness (QED) is 0.824. The van der Waals surface area contributed by atoms with Crippen LogP contribution in [0.4, 0.5) is 10.1 Å². The van der Waals surface area contributed by atoms with Crippen LogP contribution in [0.25, 0.3) is 0 Å². The van der Waals surface area contributed by atoms with Crippen molar-refractivity contribution in [3.8, 4) is 0 Å². The summed E-state index contributed by atoms with van der Waals surface area (Å²) in [7, 11) is -2.87. The van der Waals surface area contributed by atoms with E-state index in [1.165, 1.54) is 18.2 Å². The van der Waals surface area contributed by atoms with E-state index in [-0.39, 0.29) is 26.2 Å². The third-order valence-electron chi connectivity index (χ3n) is 2.83. The van der Waals surface area contributed by atoms with Gasteiger partial charge in [-0.15, -0.1) is 0 Å². The average Bonchev–Trinajstić information content (AvgIpc) is 2.50. The number of sulfonamides is 1. The molecule has 2 aromatic carbocycles. The Bertz CT molecular complexity index is 871. The van der Waals surface area contributed by atoms with Gasteiger partial charge in [0.2, 0.25) is 0 Å². The van der Waals surface area contributed by atoms with Gasteiger partial charge in [0.05, 0.1) is 33.3 Å². The van der Waals surface area contributed by atoms with Gasteiger partial charge in [0, 0.05) is 0 Å². The van der Waals surface area contributed by atoms with Crippen LogP contribution in [-0.4, -0.2) is 21.5 Å². The summed E-state index contributed by atoms with van der Waals surface area (Å²) >= 11 is 11.4. The van der Waals surface area contributed by atoms with E-state index in [1.54, 1.807) is 0 Å². The van der Waals surface area contributed by atoms with Crippen molar-refractivity contribution < 1.29 is 22.3 Å². The molecule has 0 unspecified atom stereocenters. The molecule has 0 saturated heterocycles. The first-order valence-electron chi connectivity index (χ1n) is 6.10. The fourth-order valence-electron chi connectivity index (χ4n) is 1.71. The maximum atomic E-state index is 13.1. The number of nitrogens with one attached hydrogen (secondary N) is 1. The zero-order chi connectivity index (χ0) is 17.2. The molecule has 1 N–H and O–H groups in total. The molecular weight excluding hydrogens is 368 g/mol. The minimum atomic E-state index is -4.02. The van der Waals surface area contributed by atoms with E-state index in [9.17, 15) is 17.6 Å². The Kier molecular flexibility index (Phi) is 5.13. The summed E-state index contributed by atoms with van der Waals surface area (Å²) in [5.74, 6) is -1.44. The molecule has 0 aliphatic carbocycles. The number of esters is 1. The normalized spacial score (nSPS) is 11.1. The highest BCUT2D eigenvalue weighted by Gasteiger charge is 2.19. The standard InChI is InChI=1S/C14H10Cl2FNO4S/c1-22-14(19)10-7-9(3-4-11(10)15)23(20,21)18-8-2-5-13(17)12(16)6-8/h2-7,18H,1H3. The fraction of sp³-hybridized carbons (Fsp3) is 0.0714. The summed E-state index contributed by atoms with van der Waals surface area (Å²) in [5.41, 5.74) is -0.0138. The van der Waals surface area contributed by atoms with Gasteiger partial charge in [-0.3, -0.25) is 4.72 Å². The number of methoxy groups -OCH3 is 1. The van der Waals surface area contributed by atoms with Gasteiger partial charge in [-0.2, -0.15) is 0 Å². The maximum Gasteiger partial charge on any atom is 0.339 e. The van der Waals surface area contributed by atoms with Crippen molar-refractivity contribution in [3.05, 3.63) is 57.8 Å². The smallest absolute Gasteiger partial charge is 0.339 e. The number of hydrogen-bond donors (Lipinski definition) is 1. The zero-order valence-electron chi connectivity index (χ0n) is 11.6. The van der Waals surface area contributed by atoms with Crippen molar-refractivity contribution in [1.82, 2.24) is 0 Å². The van der Waals surface area contributed by atoms with E-state index in [1.807, 2.05) is 0 Å². The Balaban J connectivity index is 2.39. The molecule has 5 nitrogen and oxygen atoms in total. The molecule has 0 bridgehead atoms. The highest BCUT2D eigenvalue weighted by Crippen LogP contribution is 2.25. The molecule has 0 amide bonds. The first kappa shape index (κ1) is 17.5. The fourth-order valence-corrected chi connectivity index (χ4v) is 3.16. The second kappa shape index (κ2) is 6.74. The Morgan fingerprint density at radius 3 is 2.43 bits per heavy atom. The molecule has 0 aliphatic heterocycles. The lowest BCUT2D eigenvalue weighted by atomic mass is 10.2. The average molecular weight is 378 g/mol. The Labute approximate surface area is 142 Å². The highest BCUT2D eigenvalue weighted by molar-refractivity contribution is 7.92. The summed E-state index contributed by atoms with van der Waals surface area (Å²) < 4.78 is 44.5. The van der Waals surface area contributed by atoms with Gasteiger partial charge in [0.15, 0.2) is 0 Å². The van der Waals surface area contributed by atoms with Crippen molar-refractivity contribution in [2.75, 3.05) is 11.8 Å². The number of halogens is 3.